The number of amides is 1. The van der Waals surface area contributed by atoms with Gasteiger partial charge in [0, 0.05) is 11.8 Å². The number of nitrogens with one attached hydrogen (secondary N) is 1. The monoisotopic (exact) mass is 294 g/mol. The highest BCUT2D eigenvalue weighted by molar-refractivity contribution is 5.94. The van der Waals surface area contributed by atoms with Crippen molar-refractivity contribution in [3.63, 3.8) is 0 Å². The van der Waals surface area contributed by atoms with E-state index >= 15 is 0 Å². The van der Waals surface area contributed by atoms with Crippen molar-refractivity contribution >= 4 is 12.0 Å². The lowest BCUT2D eigenvalue weighted by Crippen LogP contribution is -2.23. The first kappa shape index (κ1) is 16.0. The predicted molar refractivity (Wildman–Crippen MR) is 90.3 cm³/mol. The van der Waals surface area contributed by atoms with Crippen LogP contribution in [0, 0.1) is 5.41 Å². The predicted octanol–water partition coefficient (Wildman–Crippen LogP) is 4.07. The van der Waals surface area contributed by atoms with Gasteiger partial charge in [-0.25, -0.2) is 0 Å². The number of hydrogen-bond donors (Lipinski definition) is 1. The molecule has 22 heavy (non-hydrogen) atoms. The standard InChI is InChI=1S/C19H22N2O/c1-19(2,3)12-11-15-7-9-16(10-8-15)18(22)21-14-17-6-4-5-13-20-17/h4-13H,14H2,1-3H3,(H,21,22). The summed E-state index contributed by atoms with van der Waals surface area (Å²) in [5.74, 6) is -0.0861. The molecule has 2 aromatic rings. The molecule has 114 valence electrons. The minimum absolute atomic E-state index is 0.0861. The van der Waals surface area contributed by atoms with E-state index in [0.717, 1.165) is 11.3 Å². The normalized spacial score (nSPS) is 11.6. The van der Waals surface area contributed by atoms with E-state index in [1.807, 2.05) is 42.5 Å². The maximum Gasteiger partial charge on any atom is 0.251 e. The molecule has 1 aromatic heterocycles. The Morgan fingerprint density at radius 2 is 1.86 bits per heavy atom. The second kappa shape index (κ2) is 7.03. The zero-order chi connectivity index (χ0) is 16.0. The highest BCUT2D eigenvalue weighted by Gasteiger charge is 2.06. The molecule has 0 unspecified atom stereocenters. The summed E-state index contributed by atoms with van der Waals surface area (Å²) in [5, 5.41) is 2.87. The van der Waals surface area contributed by atoms with Crippen molar-refractivity contribution in [3.8, 4) is 0 Å². The number of carbonyl (C=O) groups excluding carboxylic acids is 1. The summed E-state index contributed by atoms with van der Waals surface area (Å²) in [4.78, 5) is 16.3. The Morgan fingerprint density at radius 3 is 2.45 bits per heavy atom. The van der Waals surface area contributed by atoms with E-state index in [-0.39, 0.29) is 11.3 Å². The number of allylic oxidation sites excluding steroid dienone is 1. The summed E-state index contributed by atoms with van der Waals surface area (Å²) >= 11 is 0. The summed E-state index contributed by atoms with van der Waals surface area (Å²) in [6.07, 6.45) is 5.95. The Morgan fingerprint density at radius 1 is 1.14 bits per heavy atom. The molecule has 0 fully saturated rings. The van der Waals surface area contributed by atoms with Gasteiger partial charge in [-0.1, -0.05) is 51.1 Å². The molecule has 0 saturated heterocycles. The third kappa shape index (κ3) is 5.17. The van der Waals surface area contributed by atoms with Crippen molar-refractivity contribution in [1.82, 2.24) is 10.3 Å². The van der Waals surface area contributed by atoms with Crippen molar-refractivity contribution < 1.29 is 4.79 Å². The third-order valence-electron chi connectivity index (χ3n) is 3.10. The number of benzene rings is 1. The van der Waals surface area contributed by atoms with Crippen LogP contribution in [0.1, 0.15) is 42.4 Å². The van der Waals surface area contributed by atoms with E-state index in [9.17, 15) is 4.79 Å². The number of nitrogens with zero attached hydrogens (tertiary/aromatic N) is 1. The van der Waals surface area contributed by atoms with Gasteiger partial charge in [-0.3, -0.25) is 9.78 Å². The number of aromatic nitrogens is 1. The van der Waals surface area contributed by atoms with Gasteiger partial charge >= 0.3 is 0 Å². The van der Waals surface area contributed by atoms with Crippen LogP contribution < -0.4 is 5.32 Å². The first-order valence-electron chi connectivity index (χ1n) is 7.41. The van der Waals surface area contributed by atoms with Crippen molar-refractivity contribution in [3.05, 3.63) is 71.6 Å². The average molecular weight is 294 g/mol. The van der Waals surface area contributed by atoms with Gasteiger partial charge in [0.05, 0.1) is 12.2 Å². The Bertz CT molecular complexity index is 637. The van der Waals surface area contributed by atoms with Crippen LogP contribution in [0.4, 0.5) is 0 Å². The van der Waals surface area contributed by atoms with Crippen LogP contribution in [-0.2, 0) is 6.54 Å². The molecule has 3 nitrogen and oxygen atoms in total. The van der Waals surface area contributed by atoms with Gasteiger partial charge < -0.3 is 5.32 Å². The maximum absolute atomic E-state index is 12.1. The van der Waals surface area contributed by atoms with E-state index in [1.54, 1.807) is 6.20 Å². The summed E-state index contributed by atoms with van der Waals surface area (Å²) < 4.78 is 0. The van der Waals surface area contributed by atoms with Crippen molar-refractivity contribution in [2.24, 2.45) is 5.41 Å². The third-order valence-corrected chi connectivity index (χ3v) is 3.10. The molecule has 0 radical (unpaired) electrons. The number of carbonyl (C=O) groups is 1. The molecule has 0 aliphatic carbocycles. The fourth-order valence-electron chi connectivity index (χ4n) is 1.87. The van der Waals surface area contributed by atoms with E-state index in [2.05, 4.69) is 43.2 Å². The van der Waals surface area contributed by atoms with Crippen molar-refractivity contribution in [2.45, 2.75) is 27.3 Å². The number of hydrogen-bond acceptors (Lipinski definition) is 2. The van der Waals surface area contributed by atoms with Crippen molar-refractivity contribution in [2.75, 3.05) is 0 Å². The molecule has 2 rings (SSSR count). The smallest absolute Gasteiger partial charge is 0.251 e. The molecule has 3 heteroatoms. The lowest BCUT2D eigenvalue weighted by atomic mass is 9.95. The van der Waals surface area contributed by atoms with E-state index in [1.165, 1.54) is 0 Å². The molecule has 0 aliphatic heterocycles. The summed E-state index contributed by atoms with van der Waals surface area (Å²) in [6, 6.07) is 13.3. The van der Waals surface area contributed by atoms with Gasteiger partial charge in [0.25, 0.3) is 5.91 Å². The average Bonchev–Trinajstić information content (AvgIpc) is 2.51. The summed E-state index contributed by atoms with van der Waals surface area (Å²) in [5.41, 5.74) is 2.75. The highest BCUT2D eigenvalue weighted by atomic mass is 16.1. The van der Waals surface area contributed by atoms with Gasteiger partial charge in [0.15, 0.2) is 0 Å². The Hall–Kier alpha value is -2.42. The Labute approximate surface area is 132 Å². The van der Waals surface area contributed by atoms with Crippen LogP contribution in [0.15, 0.2) is 54.7 Å². The molecule has 1 amide bonds. The maximum atomic E-state index is 12.1. The fourth-order valence-corrected chi connectivity index (χ4v) is 1.87. The van der Waals surface area contributed by atoms with Crippen molar-refractivity contribution in [1.29, 1.82) is 0 Å². The Kier molecular flexibility index (Phi) is 5.10. The Balaban J connectivity index is 1.95. The molecule has 0 saturated carbocycles. The van der Waals surface area contributed by atoms with Crippen LogP contribution in [-0.4, -0.2) is 10.9 Å². The minimum atomic E-state index is -0.0861. The van der Waals surface area contributed by atoms with Gasteiger partial charge in [-0.2, -0.15) is 0 Å². The second-order valence-corrected chi connectivity index (χ2v) is 6.33. The summed E-state index contributed by atoms with van der Waals surface area (Å²) in [7, 11) is 0. The molecule has 1 heterocycles. The van der Waals surface area contributed by atoms with Crippen LogP contribution in [0.5, 0.6) is 0 Å². The van der Waals surface area contributed by atoms with Crippen LogP contribution in [0.3, 0.4) is 0 Å². The zero-order valence-electron chi connectivity index (χ0n) is 13.3. The van der Waals surface area contributed by atoms with Crippen LogP contribution in [0.25, 0.3) is 6.08 Å². The second-order valence-electron chi connectivity index (χ2n) is 6.33. The molecular weight excluding hydrogens is 272 g/mol. The van der Waals surface area contributed by atoms with Gasteiger partial charge in [-0.15, -0.1) is 0 Å². The fraction of sp³-hybridized carbons (Fsp3) is 0.263. The molecular formula is C19H22N2O. The molecule has 1 aromatic carbocycles. The summed E-state index contributed by atoms with van der Waals surface area (Å²) in [6.45, 7) is 6.90. The number of rotatable bonds is 4. The topological polar surface area (TPSA) is 42.0 Å². The quantitative estimate of drug-likeness (QED) is 0.923. The number of pyridine rings is 1. The first-order chi connectivity index (χ1) is 10.4. The SMILES string of the molecule is CC(C)(C)C=Cc1ccc(C(=O)NCc2ccccn2)cc1. The van der Waals surface area contributed by atoms with E-state index < -0.39 is 0 Å². The van der Waals surface area contributed by atoms with Gasteiger partial charge in [-0.05, 0) is 35.2 Å². The molecule has 0 atom stereocenters. The largest absolute Gasteiger partial charge is 0.346 e. The minimum Gasteiger partial charge on any atom is -0.346 e. The van der Waals surface area contributed by atoms with E-state index in [4.69, 9.17) is 0 Å². The lowest BCUT2D eigenvalue weighted by Gasteiger charge is -2.11. The first-order valence-corrected chi connectivity index (χ1v) is 7.41. The molecule has 0 bridgehead atoms. The molecule has 1 N–H and O–H groups in total. The van der Waals surface area contributed by atoms with Gasteiger partial charge in [0.1, 0.15) is 0 Å². The highest BCUT2D eigenvalue weighted by Crippen LogP contribution is 2.17. The molecule has 0 aliphatic rings. The van der Waals surface area contributed by atoms with Crippen LogP contribution in [0.2, 0.25) is 0 Å². The molecule has 0 spiro atoms. The van der Waals surface area contributed by atoms with Crippen LogP contribution >= 0.6 is 0 Å². The zero-order valence-corrected chi connectivity index (χ0v) is 13.3. The lowest BCUT2D eigenvalue weighted by molar-refractivity contribution is 0.0950. The van der Waals surface area contributed by atoms with E-state index in [0.29, 0.717) is 12.1 Å². The van der Waals surface area contributed by atoms with Gasteiger partial charge in [0.2, 0.25) is 0 Å².